The molecule has 3 rings (SSSR count). The van der Waals surface area contributed by atoms with Gasteiger partial charge in [-0.2, -0.15) is 4.98 Å². The molecular formula is C17H14BrN5O2. The zero-order chi connectivity index (χ0) is 17.6. The summed E-state index contributed by atoms with van der Waals surface area (Å²) >= 11 is 3.48. The van der Waals surface area contributed by atoms with E-state index in [1.165, 1.54) is 0 Å². The van der Waals surface area contributed by atoms with Gasteiger partial charge in [-0.05, 0) is 40.2 Å². The first-order valence-electron chi connectivity index (χ1n) is 7.38. The Bertz CT molecular complexity index is 889. The molecule has 0 spiro atoms. The second kappa shape index (κ2) is 7.71. The Hall–Kier alpha value is -3.00. The van der Waals surface area contributed by atoms with Crippen molar-refractivity contribution >= 4 is 39.4 Å². The molecule has 0 unspecified atom stereocenters. The molecular weight excluding hydrogens is 386 g/mol. The minimum atomic E-state index is -0.988. The lowest BCUT2D eigenvalue weighted by molar-refractivity contribution is -0.134. The fourth-order valence-corrected chi connectivity index (χ4v) is 2.50. The van der Waals surface area contributed by atoms with E-state index in [2.05, 4.69) is 41.5 Å². The van der Waals surface area contributed by atoms with Crippen LogP contribution < -0.4 is 10.6 Å². The van der Waals surface area contributed by atoms with Crippen molar-refractivity contribution in [2.45, 2.75) is 0 Å². The Morgan fingerprint density at radius 2 is 1.88 bits per heavy atom. The van der Waals surface area contributed by atoms with Crippen molar-refractivity contribution in [2.24, 2.45) is 0 Å². The number of nitrogens with one attached hydrogen (secondary N) is 2. The predicted molar refractivity (Wildman–Crippen MR) is 98.8 cm³/mol. The topological polar surface area (TPSA) is 100 Å². The van der Waals surface area contributed by atoms with E-state index in [1.807, 2.05) is 36.4 Å². The first kappa shape index (κ1) is 16.8. The third kappa shape index (κ3) is 4.51. The molecule has 126 valence electrons. The number of rotatable bonds is 6. The minimum absolute atomic E-state index is 0.228. The van der Waals surface area contributed by atoms with Crippen LogP contribution in [0.3, 0.4) is 0 Å². The van der Waals surface area contributed by atoms with Crippen molar-refractivity contribution in [1.29, 1.82) is 0 Å². The van der Waals surface area contributed by atoms with Crippen LogP contribution in [0.1, 0.15) is 0 Å². The van der Waals surface area contributed by atoms with Gasteiger partial charge < -0.3 is 15.7 Å². The predicted octanol–water partition coefficient (Wildman–Crippen LogP) is 3.54. The van der Waals surface area contributed by atoms with Crippen LogP contribution in [0.4, 0.5) is 17.5 Å². The van der Waals surface area contributed by atoms with Crippen molar-refractivity contribution in [3.8, 4) is 11.3 Å². The highest BCUT2D eigenvalue weighted by Gasteiger charge is 2.09. The second-order valence-corrected chi connectivity index (χ2v) is 5.90. The number of para-hydroxylation sites is 1. The molecule has 3 N–H and O–H groups in total. The van der Waals surface area contributed by atoms with Crippen LogP contribution in [0.25, 0.3) is 11.3 Å². The summed E-state index contributed by atoms with van der Waals surface area (Å²) in [6.07, 6.45) is 3.34. The number of halogens is 1. The maximum Gasteiger partial charge on any atom is 0.322 e. The zero-order valence-electron chi connectivity index (χ0n) is 13.0. The number of benzene rings is 1. The highest BCUT2D eigenvalue weighted by atomic mass is 79.9. The van der Waals surface area contributed by atoms with Crippen LogP contribution in [0, 0.1) is 0 Å². The average molecular weight is 400 g/mol. The molecule has 0 bridgehead atoms. The van der Waals surface area contributed by atoms with Crippen LogP contribution in [-0.2, 0) is 4.79 Å². The molecule has 25 heavy (non-hydrogen) atoms. The van der Waals surface area contributed by atoms with Gasteiger partial charge >= 0.3 is 5.97 Å². The van der Waals surface area contributed by atoms with E-state index in [9.17, 15) is 4.79 Å². The zero-order valence-corrected chi connectivity index (χ0v) is 14.6. The molecule has 0 saturated carbocycles. The van der Waals surface area contributed by atoms with E-state index in [0.717, 1.165) is 15.7 Å². The Kier molecular flexibility index (Phi) is 5.20. The fraction of sp³-hybridized carbons (Fsp3) is 0.0588. The molecule has 1 aromatic carbocycles. The quantitative estimate of drug-likeness (QED) is 0.582. The number of carboxylic acid groups (broad SMARTS) is 1. The van der Waals surface area contributed by atoms with E-state index in [1.54, 1.807) is 18.5 Å². The summed E-state index contributed by atoms with van der Waals surface area (Å²) in [5, 5.41) is 14.8. The molecule has 7 nitrogen and oxygen atoms in total. The molecule has 0 amide bonds. The summed E-state index contributed by atoms with van der Waals surface area (Å²) in [5.74, 6) is -0.217. The lowest BCUT2D eigenvalue weighted by Gasteiger charge is -2.11. The molecule has 8 heteroatoms. The van der Waals surface area contributed by atoms with Gasteiger partial charge in [0, 0.05) is 28.5 Å². The third-order valence-electron chi connectivity index (χ3n) is 3.24. The first-order valence-corrected chi connectivity index (χ1v) is 8.18. The number of hydrogen-bond acceptors (Lipinski definition) is 6. The minimum Gasteiger partial charge on any atom is -0.480 e. The molecule has 0 radical (unpaired) electrons. The lowest BCUT2D eigenvalue weighted by Crippen LogP contribution is -2.15. The molecule has 0 aliphatic heterocycles. The number of carbonyl (C=O) groups is 1. The van der Waals surface area contributed by atoms with Crippen molar-refractivity contribution in [1.82, 2.24) is 15.0 Å². The highest BCUT2D eigenvalue weighted by Crippen LogP contribution is 2.27. The number of aliphatic carboxylic acids is 1. The van der Waals surface area contributed by atoms with Gasteiger partial charge in [0.05, 0.1) is 11.4 Å². The number of nitrogens with zero attached hydrogens (tertiary/aromatic N) is 3. The van der Waals surface area contributed by atoms with E-state index in [0.29, 0.717) is 11.5 Å². The number of anilines is 3. The smallest absolute Gasteiger partial charge is 0.322 e. The van der Waals surface area contributed by atoms with Crippen molar-refractivity contribution in [3.05, 3.63) is 59.3 Å². The van der Waals surface area contributed by atoms with Crippen molar-refractivity contribution < 1.29 is 9.90 Å². The van der Waals surface area contributed by atoms with Gasteiger partial charge in [0.1, 0.15) is 12.4 Å². The van der Waals surface area contributed by atoms with Crippen LogP contribution in [0.5, 0.6) is 0 Å². The number of aromatic nitrogens is 3. The van der Waals surface area contributed by atoms with Crippen molar-refractivity contribution in [2.75, 3.05) is 17.2 Å². The van der Waals surface area contributed by atoms with Gasteiger partial charge in [-0.1, -0.05) is 12.1 Å². The van der Waals surface area contributed by atoms with Crippen LogP contribution in [0.15, 0.2) is 59.3 Å². The van der Waals surface area contributed by atoms with Crippen LogP contribution in [-0.4, -0.2) is 32.6 Å². The van der Waals surface area contributed by atoms with E-state index in [4.69, 9.17) is 5.11 Å². The van der Waals surface area contributed by atoms with E-state index < -0.39 is 5.97 Å². The summed E-state index contributed by atoms with van der Waals surface area (Å²) in [5.41, 5.74) is 2.34. The Balaban J connectivity index is 1.97. The molecule has 0 aliphatic carbocycles. The largest absolute Gasteiger partial charge is 0.480 e. The Morgan fingerprint density at radius 3 is 2.60 bits per heavy atom. The van der Waals surface area contributed by atoms with Gasteiger partial charge in [0.2, 0.25) is 5.95 Å². The Morgan fingerprint density at radius 1 is 1.12 bits per heavy atom. The monoisotopic (exact) mass is 399 g/mol. The summed E-state index contributed by atoms with van der Waals surface area (Å²) in [4.78, 5) is 23.5. The fourth-order valence-electron chi connectivity index (χ4n) is 2.12. The van der Waals surface area contributed by atoms with Gasteiger partial charge in [-0.3, -0.25) is 9.78 Å². The number of pyridine rings is 1. The molecule has 0 saturated heterocycles. The summed E-state index contributed by atoms with van der Waals surface area (Å²) in [6.45, 7) is -0.270. The molecule has 2 heterocycles. The molecule has 3 aromatic rings. The molecule has 0 aliphatic rings. The maximum atomic E-state index is 10.8. The molecule has 2 aromatic heterocycles. The number of carboxylic acids is 1. The number of hydrogen-bond donors (Lipinski definition) is 3. The normalized spacial score (nSPS) is 10.3. The SMILES string of the molecule is O=C(O)CNc1nc(Nc2ccccc2Br)cc(-c2ccncc2)n1. The summed E-state index contributed by atoms with van der Waals surface area (Å²) < 4.78 is 0.888. The van der Waals surface area contributed by atoms with Gasteiger partial charge in [-0.15, -0.1) is 0 Å². The first-order chi connectivity index (χ1) is 12.1. The standard InChI is InChI=1S/C17H14BrN5O2/c18-12-3-1-2-4-13(12)21-15-9-14(11-5-7-19-8-6-11)22-17(23-15)20-10-16(24)25/h1-9H,10H2,(H,24,25)(H2,20,21,22,23). The molecule has 0 atom stereocenters. The molecule has 0 fully saturated rings. The van der Waals surface area contributed by atoms with Crippen LogP contribution >= 0.6 is 15.9 Å². The summed E-state index contributed by atoms with van der Waals surface area (Å²) in [7, 11) is 0. The maximum absolute atomic E-state index is 10.8. The van der Waals surface area contributed by atoms with Crippen LogP contribution in [0.2, 0.25) is 0 Å². The average Bonchev–Trinajstić information content (AvgIpc) is 2.62. The van der Waals surface area contributed by atoms with Gasteiger partial charge in [-0.25, -0.2) is 4.98 Å². The summed E-state index contributed by atoms with van der Waals surface area (Å²) in [6, 6.07) is 13.1. The second-order valence-electron chi connectivity index (χ2n) is 5.05. The van der Waals surface area contributed by atoms with E-state index in [-0.39, 0.29) is 12.5 Å². The van der Waals surface area contributed by atoms with E-state index >= 15 is 0 Å². The third-order valence-corrected chi connectivity index (χ3v) is 3.93. The van der Waals surface area contributed by atoms with Crippen molar-refractivity contribution in [3.63, 3.8) is 0 Å². The van der Waals surface area contributed by atoms with Gasteiger partial charge in [0.15, 0.2) is 0 Å². The Labute approximate surface area is 152 Å². The lowest BCUT2D eigenvalue weighted by atomic mass is 10.2. The highest BCUT2D eigenvalue weighted by molar-refractivity contribution is 9.10. The van der Waals surface area contributed by atoms with Gasteiger partial charge in [0.25, 0.3) is 0 Å².